The van der Waals surface area contributed by atoms with E-state index in [1.54, 1.807) is 27.7 Å². The van der Waals surface area contributed by atoms with Gasteiger partial charge in [-0.3, -0.25) is 19.5 Å². The second-order valence-electron chi connectivity index (χ2n) is 8.51. The molecule has 0 spiro atoms. The number of anilines is 1. The van der Waals surface area contributed by atoms with Gasteiger partial charge in [0.25, 0.3) is 5.91 Å². The summed E-state index contributed by atoms with van der Waals surface area (Å²) >= 11 is 7.59. The third-order valence-electron chi connectivity index (χ3n) is 5.91. The number of thiophene rings is 1. The lowest BCUT2D eigenvalue weighted by molar-refractivity contribution is -0.117. The van der Waals surface area contributed by atoms with Crippen LogP contribution in [0.25, 0.3) is 16.9 Å². The molecule has 0 saturated carbocycles. The zero-order valence-electron chi connectivity index (χ0n) is 19.5. The molecule has 1 aliphatic heterocycles. The van der Waals surface area contributed by atoms with E-state index in [0.717, 1.165) is 24.1 Å². The third kappa shape index (κ3) is 5.67. The van der Waals surface area contributed by atoms with Crippen molar-refractivity contribution in [2.45, 2.75) is 18.9 Å². The Bertz CT molecular complexity index is 1330. The summed E-state index contributed by atoms with van der Waals surface area (Å²) in [6.07, 6.45) is 3.62. The number of halogens is 1. The van der Waals surface area contributed by atoms with E-state index in [9.17, 15) is 9.59 Å². The molecule has 1 fully saturated rings. The van der Waals surface area contributed by atoms with Crippen LogP contribution in [0.5, 0.6) is 0 Å². The monoisotopic (exact) mass is 520 g/mol. The molecular weight excluding hydrogens is 496 g/mol. The quantitative estimate of drug-likeness (QED) is 0.332. The molecule has 184 valence electrons. The second kappa shape index (κ2) is 11.1. The first kappa shape index (κ1) is 24.2. The number of imidazole rings is 1. The minimum absolute atomic E-state index is 0.0696. The van der Waals surface area contributed by atoms with Gasteiger partial charge in [-0.15, -0.1) is 11.3 Å². The highest BCUT2D eigenvalue weighted by molar-refractivity contribution is 7.12. The van der Waals surface area contributed by atoms with Crippen molar-refractivity contribution in [1.82, 2.24) is 14.5 Å². The van der Waals surface area contributed by atoms with Crippen LogP contribution in [0, 0.1) is 0 Å². The van der Waals surface area contributed by atoms with E-state index < -0.39 is 0 Å². The molecule has 2 amide bonds. The Kier molecular flexibility index (Phi) is 7.46. The summed E-state index contributed by atoms with van der Waals surface area (Å²) in [6, 6.07) is 20.6. The molecule has 5 rings (SSSR count). The summed E-state index contributed by atoms with van der Waals surface area (Å²) in [5.41, 5.74) is 2.39. The SMILES string of the molecule is O=C(CN(C[C@@H]1CCCO1)C(=O)c1cccs1)Nc1nc(-c2ccccc2)cn1-c1cccc(Cl)c1. The highest BCUT2D eigenvalue weighted by Gasteiger charge is 2.26. The maximum Gasteiger partial charge on any atom is 0.264 e. The summed E-state index contributed by atoms with van der Waals surface area (Å²) in [7, 11) is 0. The molecule has 2 aromatic heterocycles. The lowest BCUT2D eigenvalue weighted by Gasteiger charge is -2.24. The molecule has 0 bridgehead atoms. The Morgan fingerprint density at radius 2 is 2.00 bits per heavy atom. The maximum absolute atomic E-state index is 13.2. The van der Waals surface area contributed by atoms with Crippen LogP contribution >= 0.6 is 22.9 Å². The summed E-state index contributed by atoms with van der Waals surface area (Å²) in [6.45, 7) is 0.930. The van der Waals surface area contributed by atoms with E-state index >= 15 is 0 Å². The predicted octanol–water partition coefficient (Wildman–Crippen LogP) is 5.51. The molecule has 2 aromatic carbocycles. The average Bonchev–Trinajstić information content (AvgIpc) is 3.66. The van der Waals surface area contributed by atoms with Gasteiger partial charge in [-0.2, -0.15) is 0 Å². The van der Waals surface area contributed by atoms with Crippen LogP contribution in [0.4, 0.5) is 5.95 Å². The van der Waals surface area contributed by atoms with Crippen molar-refractivity contribution in [3.8, 4) is 16.9 Å². The fraction of sp³-hybridized carbons (Fsp3) is 0.222. The molecule has 3 heterocycles. The topological polar surface area (TPSA) is 76.5 Å². The molecule has 9 heteroatoms. The number of nitrogens with zero attached hydrogens (tertiary/aromatic N) is 3. The summed E-state index contributed by atoms with van der Waals surface area (Å²) in [5.74, 6) is -0.174. The number of hydrogen-bond donors (Lipinski definition) is 1. The Morgan fingerprint density at radius 1 is 1.14 bits per heavy atom. The lowest BCUT2D eigenvalue weighted by atomic mass is 10.2. The number of hydrogen-bond acceptors (Lipinski definition) is 5. The minimum Gasteiger partial charge on any atom is -0.376 e. The molecule has 7 nitrogen and oxygen atoms in total. The highest BCUT2D eigenvalue weighted by Crippen LogP contribution is 2.26. The van der Waals surface area contributed by atoms with Gasteiger partial charge in [-0.1, -0.05) is 54.1 Å². The van der Waals surface area contributed by atoms with Crippen molar-refractivity contribution < 1.29 is 14.3 Å². The Balaban J connectivity index is 1.40. The number of ether oxygens (including phenoxy) is 1. The predicted molar refractivity (Wildman–Crippen MR) is 142 cm³/mol. The van der Waals surface area contributed by atoms with E-state index in [0.29, 0.717) is 34.7 Å². The zero-order valence-corrected chi connectivity index (χ0v) is 21.0. The molecule has 1 aliphatic rings. The van der Waals surface area contributed by atoms with Crippen LogP contribution in [0.2, 0.25) is 5.02 Å². The Morgan fingerprint density at radius 3 is 2.72 bits per heavy atom. The first-order valence-corrected chi connectivity index (χ1v) is 13.0. The standard InChI is InChI=1S/C27H25ClN4O3S/c28-20-9-4-10-21(15-20)32-17-23(19-7-2-1-3-8-19)29-27(32)30-25(33)18-31(16-22-11-5-13-35-22)26(34)24-12-6-14-36-24/h1-4,6-10,12,14-15,17,22H,5,11,13,16,18H2,(H,29,30,33)/t22-/m0/s1. The minimum atomic E-state index is -0.341. The van der Waals surface area contributed by atoms with Gasteiger partial charge in [-0.05, 0) is 42.5 Å². The van der Waals surface area contributed by atoms with Crippen LogP contribution in [-0.4, -0.2) is 52.1 Å². The highest BCUT2D eigenvalue weighted by atomic mass is 35.5. The van der Waals surface area contributed by atoms with E-state index in [4.69, 9.17) is 21.3 Å². The molecule has 1 atom stereocenters. The molecule has 36 heavy (non-hydrogen) atoms. The molecule has 0 radical (unpaired) electrons. The number of benzene rings is 2. The van der Waals surface area contributed by atoms with Crippen molar-refractivity contribution in [2.75, 3.05) is 25.0 Å². The smallest absolute Gasteiger partial charge is 0.264 e. The number of nitrogens with one attached hydrogen (secondary N) is 1. The van der Waals surface area contributed by atoms with E-state index in [-0.39, 0.29) is 24.5 Å². The van der Waals surface area contributed by atoms with Crippen molar-refractivity contribution in [1.29, 1.82) is 0 Å². The maximum atomic E-state index is 13.2. The summed E-state index contributed by atoms with van der Waals surface area (Å²) < 4.78 is 7.53. The van der Waals surface area contributed by atoms with Gasteiger partial charge in [0.2, 0.25) is 11.9 Å². The summed E-state index contributed by atoms with van der Waals surface area (Å²) in [4.78, 5) is 33.2. The lowest BCUT2D eigenvalue weighted by Crippen LogP contribution is -2.42. The second-order valence-corrected chi connectivity index (χ2v) is 9.90. The average molecular weight is 521 g/mol. The van der Waals surface area contributed by atoms with Crippen molar-refractivity contribution in [3.05, 3.63) is 88.2 Å². The number of rotatable bonds is 8. The molecular formula is C27H25ClN4O3S. The molecule has 0 aliphatic carbocycles. The number of aromatic nitrogens is 2. The normalized spacial score (nSPS) is 15.1. The van der Waals surface area contributed by atoms with Gasteiger partial charge in [0.1, 0.15) is 6.54 Å². The van der Waals surface area contributed by atoms with Gasteiger partial charge < -0.3 is 9.64 Å². The molecule has 1 N–H and O–H groups in total. The van der Waals surface area contributed by atoms with Crippen LogP contribution in [0.1, 0.15) is 22.5 Å². The summed E-state index contributed by atoms with van der Waals surface area (Å²) in [5, 5.41) is 5.34. The van der Waals surface area contributed by atoms with Crippen LogP contribution < -0.4 is 5.32 Å². The number of carbonyl (C=O) groups excluding carboxylic acids is 2. The van der Waals surface area contributed by atoms with E-state index in [1.807, 2.05) is 60.1 Å². The van der Waals surface area contributed by atoms with Gasteiger partial charge in [0, 0.05) is 35.6 Å². The van der Waals surface area contributed by atoms with Gasteiger partial charge >= 0.3 is 0 Å². The molecule has 1 saturated heterocycles. The number of amides is 2. The van der Waals surface area contributed by atoms with Crippen LogP contribution in [-0.2, 0) is 9.53 Å². The molecule has 4 aromatic rings. The zero-order chi connectivity index (χ0) is 24.9. The largest absolute Gasteiger partial charge is 0.376 e. The Hall–Kier alpha value is -3.46. The van der Waals surface area contributed by atoms with Crippen LogP contribution in [0.15, 0.2) is 78.3 Å². The van der Waals surface area contributed by atoms with Crippen molar-refractivity contribution in [3.63, 3.8) is 0 Å². The Labute approximate surface area is 218 Å². The number of carbonyl (C=O) groups is 2. The van der Waals surface area contributed by atoms with E-state index in [1.165, 1.54) is 11.3 Å². The molecule has 0 unspecified atom stereocenters. The first-order chi connectivity index (χ1) is 17.6. The van der Waals surface area contributed by atoms with Gasteiger partial charge in [0.15, 0.2) is 0 Å². The van der Waals surface area contributed by atoms with Gasteiger partial charge in [0.05, 0.1) is 16.7 Å². The first-order valence-electron chi connectivity index (χ1n) is 11.7. The fourth-order valence-electron chi connectivity index (χ4n) is 4.19. The van der Waals surface area contributed by atoms with Crippen molar-refractivity contribution in [2.24, 2.45) is 0 Å². The third-order valence-corrected chi connectivity index (χ3v) is 7.01. The fourth-order valence-corrected chi connectivity index (χ4v) is 5.06. The van der Waals surface area contributed by atoms with Crippen molar-refractivity contribution >= 4 is 40.7 Å². The van der Waals surface area contributed by atoms with E-state index in [2.05, 4.69) is 5.32 Å². The van der Waals surface area contributed by atoms with Crippen LogP contribution in [0.3, 0.4) is 0 Å². The van der Waals surface area contributed by atoms with Gasteiger partial charge in [-0.25, -0.2) is 4.98 Å².